The topological polar surface area (TPSA) is 53.6 Å². The van der Waals surface area contributed by atoms with Crippen molar-refractivity contribution < 1.29 is 9.53 Å². The maximum absolute atomic E-state index is 12.1. The Labute approximate surface area is 150 Å². The minimum Gasteiger partial charge on any atom is -0.491 e. The molecule has 0 bridgehead atoms. The molecule has 0 heterocycles. The van der Waals surface area contributed by atoms with Crippen LogP contribution in [0.15, 0.2) is 42.5 Å². The van der Waals surface area contributed by atoms with Crippen molar-refractivity contribution in [1.29, 1.82) is 0 Å². The molecule has 2 aromatic rings. The van der Waals surface area contributed by atoms with Crippen LogP contribution in [-0.4, -0.2) is 32.8 Å². The Balaban J connectivity index is 1.83. The number of carbonyl (C=O) groups excluding carboxylic acids is 1. The molecule has 1 unspecified atom stereocenters. The third-order valence-corrected chi connectivity index (χ3v) is 3.91. The van der Waals surface area contributed by atoms with Gasteiger partial charge in [-0.25, -0.2) is 4.79 Å². The van der Waals surface area contributed by atoms with Crippen LogP contribution in [0, 0.1) is 13.8 Å². The van der Waals surface area contributed by atoms with Gasteiger partial charge in [0.15, 0.2) is 0 Å². The maximum atomic E-state index is 12.1. The van der Waals surface area contributed by atoms with Gasteiger partial charge in [-0.2, -0.15) is 0 Å². The van der Waals surface area contributed by atoms with E-state index in [2.05, 4.69) is 10.6 Å². The second kappa shape index (κ2) is 8.42. The summed E-state index contributed by atoms with van der Waals surface area (Å²) in [6, 6.07) is 13.4. The summed E-state index contributed by atoms with van der Waals surface area (Å²) >= 11 is 0. The van der Waals surface area contributed by atoms with E-state index in [1.165, 1.54) is 0 Å². The zero-order valence-corrected chi connectivity index (χ0v) is 15.6. The van der Waals surface area contributed by atoms with Crippen molar-refractivity contribution >= 4 is 17.4 Å². The molecule has 5 heteroatoms. The highest BCUT2D eigenvalue weighted by molar-refractivity contribution is 5.89. The van der Waals surface area contributed by atoms with Gasteiger partial charge in [-0.1, -0.05) is 18.2 Å². The lowest BCUT2D eigenvalue weighted by Gasteiger charge is -2.18. The van der Waals surface area contributed by atoms with Gasteiger partial charge in [-0.15, -0.1) is 0 Å². The summed E-state index contributed by atoms with van der Waals surface area (Å²) < 4.78 is 5.87. The molecule has 2 N–H and O–H groups in total. The minimum atomic E-state index is -0.241. The molecule has 0 aliphatic rings. The summed E-state index contributed by atoms with van der Waals surface area (Å²) in [6.45, 7) is 6.37. The highest BCUT2D eigenvalue weighted by Crippen LogP contribution is 2.22. The van der Waals surface area contributed by atoms with Crippen LogP contribution in [0.25, 0.3) is 0 Å². The highest BCUT2D eigenvalue weighted by Gasteiger charge is 2.10. The molecule has 0 fully saturated rings. The van der Waals surface area contributed by atoms with Gasteiger partial charge in [0, 0.05) is 25.5 Å². The Morgan fingerprint density at radius 1 is 1.08 bits per heavy atom. The van der Waals surface area contributed by atoms with Crippen LogP contribution in [0.2, 0.25) is 0 Å². The Morgan fingerprint density at radius 2 is 1.68 bits per heavy atom. The fourth-order valence-electron chi connectivity index (χ4n) is 2.51. The van der Waals surface area contributed by atoms with Crippen molar-refractivity contribution in [3.63, 3.8) is 0 Å². The zero-order chi connectivity index (χ0) is 18.4. The van der Waals surface area contributed by atoms with E-state index in [1.54, 1.807) is 0 Å². The molecule has 2 amide bonds. The second-order valence-corrected chi connectivity index (χ2v) is 6.47. The lowest BCUT2D eigenvalue weighted by molar-refractivity contribution is 0.236. The molecule has 134 valence electrons. The van der Waals surface area contributed by atoms with Crippen LogP contribution in [0.3, 0.4) is 0 Å². The molecule has 5 nitrogen and oxygen atoms in total. The molecule has 0 spiro atoms. The van der Waals surface area contributed by atoms with Crippen molar-refractivity contribution in [3.05, 3.63) is 53.6 Å². The Morgan fingerprint density at radius 3 is 2.24 bits per heavy atom. The van der Waals surface area contributed by atoms with Crippen LogP contribution in [-0.2, 0) is 0 Å². The van der Waals surface area contributed by atoms with Gasteiger partial charge in [-0.3, -0.25) is 0 Å². The molecule has 25 heavy (non-hydrogen) atoms. The van der Waals surface area contributed by atoms with Crippen LogP contribution in [0.1, 0.15) is 18.1 Å². The fourth-order valence-corrected chi connectivity index (χ4v) is 2.51. The number of rotatable bonds is 6. The van der Waals surface area contributed by atoms with E-state index in [-0.39, 0.29) is 12.1 Å². The van der Waals surface area contributed by atoms with E-state index in [0.29, 0.717) is 6.61 Å². The smallest absolute Gasteiger partial charge is 0.319 e. The van der Waals surface area contributed by atoms with Crippen LogP contribution < -0.4 is 20.3 Å². The van der Waals surface area contributed by atoms with Gasteiger partial charge in [0.25, 0.3) is 0 Å². The fraction of sp³-hybridized carbons (Fsp3) is 0.350. The lowest BCUT2D eigenvalue weighted by Crippen LogP contribution is -2.39. The SMILES string of the molecule is Cc1cccc(C)c1OCC(C)NC(=O)Nc1ccc(N(C)C)cc1. The number of anilines is 2. The zero-order valence-electron chi connectivity index (χ0n) is 15.6. The number of urea groups is 1. The van der Waals surface area contributed by atoms with Gasteiger partial charge >= 0.3 is 6.03 Å². The van der Waals surface area contributed by atoms with E-state index in [4.69, 9.17) is 4.74 Å². The predicted octanol–water partition coefficient (Wildman–Crippen LogP) is 3.96. The predicted molar refractivity (Wildman–Crippen MR) is 104 cm³/mol. The number of hydrogen-bond donors (Lipinski definition) is 2. The highest BCUT2D eigenvalue weighted by atomic mass is 16.5. The monoisotopic (exact) mass is 341 g/mol. The number of hydrogen-bond acceptors (Lipinski definition) is 3. The molecular formula is C20H27N3O2. The third-order valence-electron chi connectivity index (χ3n) is 3.91. The standard InChI is InChI=1S/C20H27N3O2/c1-14-7-6-8-15(2)19(14)25-13-16(3)21-20(24)22-17-9-11-18(12-10-17)23(4)5/h6-12,16H,13H2,1-5H3,(H2,21,22,24). The molecular weight excluding hydrogens is 314 g/mol. The number of para-hydroxylation sites is 1. The first-order valence-corrected chi connectivity index (χ1v) is 8.40. The number of aryl methyl sites for hydroxylation is 2. The molecule has 0 saturated heterocycles. The van der Waals surface area contributed by atoms with Crippen molar-refractivity contribution in [3.8, 4) is 5.75 Å². The normalized spacial score (nSPS) is 11.6. The van der Waals surface area contributed by atoms with Gasteiger partial charge < -0.3 is 20.3 Å². The molecule has 2 aromatic carbocycles. The number of ether oxygens (including phenoxy) is 1. The third kappa shape index (κ3) is 5.41. The van der Waals surface area contributed by atoms with E-state index < -0.39 is 0 Å². The largest absolute Gasteiger partial charge is 0.491 e. The van der Waals surface area contributed by atoms with Gasteiger partial charge in [0.2, 0.25) is 0 Å². The summed E-state index contributed by atoms with van der Waals surface area (Å²) in [7, 11) is 3.96. The van der Waals surface area contributed by atoms with Gasteiger partial charge in [0.1, 0.15) is 12.4 Å². The van der Waals surface area contributed by atoms with E-state index in [1.807, 2.05) is 82.2 Å². The first kappa shape index (κ1) is 18.6. The summed E-state index contributed by atoms with van der Waals surface area (Å²) in [6.07, 6.45) is 0. The van der Waals surface area contributed by atoms with Crippen LogP contribution in [0.5, 0.6) is 5.75 Å². The average Bonchev–Trinajstić information content (AvgIpc) is 2.54. The lowest BCUT2D eigenvalue weighted by atomic mass is 10.1. The molecule has 0 saturated carbocycles. The summed E-state index contributed by atoms with van der Waals surface area (Å²) in [5.41, 5.74) is 4.03. The van der Waals surface area contributed by atoms with Crippen molar-refractivity contribution in [2.24, 2.45) is 0 Å². The number of nitrogens with zero attached hydrogens (tertiary/aromatic N) is 1. The van der Waals surface area contributed by atoms with Crippen molar-refractivity contribution in [2.75, 3.05) is 30.9 Å². The van der Waals surface area contributed by atoms with E-state index in [0.717, 1.165) is 28.3 Å². The first-order chi connectivity index (χ1) is 11.9. The van der Waals surface area contributed by atoms with Crippen LogP contribution >= 0.6 is 0 Å². The van der Waals surface area contributed by atoms with E-state index >= 15 is 0 Å². The molecule has 1 atom stereocenters. The van der Waals surface area contributed by atoms with Crippen molar-refractivity contribution in [1.82, 2.24) is 5.32 Å². The van der Waals surface area contributed by atoms with Crippen LogP contribution in [0.4, 0.5) is 16.2 Å². The molecule has 2 rings (SSSR count). The number of carbonyl (C=O) groups is 1. The average molecular weight is 341 g/mol. The van der Waals surface area contributed by atoms with Gasteiger partial charge in [0.05, 0.1) is 6.04 Å². The number of benzene rings is 2. The molecule has 0 radical (unpaired) electrons. The number of amides is 2. The summed E-state index contributed by atoms with van der Waals surface area (Å²) in [4.78, 5) is 14.1. The first-order valence-electron chi connectivity index (χ1n) is 8.40. The Bertz CT molecular complexity index is 691. The van der Waals surface area contributed by atoms with Gasteiger partial charge in [-0.05, 0) is 56.2 Å². The molecule has 0 aromatic heterocycles. The quantitative estimate of drug-likeness (QED) is 0.836. The number of nitrogens with one attached hydrogen (secondary N) is 2. The van der Waals surface area contributed by atoms with Crippen molar-refractivity contribution in [2.45, 2.75) is 26.8 Å². The summed E-state index contributed by atoms with van der Waals surface area (Å²) in [5.74, 6) is 0.885. The Hall–Kier alpha value is -2.69. The maximum Gasteiger partial charge on any atom is 0.319 e. The Kier molecular flexibility index (Phi) is 6.28. The minimum absolute atomic E-state index is 0.111. The summed E-state index contributed by atoms with van der Waals surface area (Å²) in [5, 5.41) is 5.73. The molecule has 0 aliphatic carbocycles. The molecule has 0 aliphatic heterocycles. The second-order valence-electron chi connectivity index (χ2n) is 6.47. The van der Waals surface area contributed by atoms with E-state index in [9.17, 15) is 4.79 Å².